The molecule has 0 spiro atoms. The van der Waals surface area contributed by atoms with Crippen molar-refractivity contribution >= 4 is 43.6 Å². The van der Waals surface area contributed by atoms with E-state index in [1.165, 1.54) is 0 Å². The zero-order valence-electron chi connectivity index (χ0n) is 26.3. The predicted octanol–water partition coefficient (Wildman–Crippen LogP) is 11.6. The molecule has 0 aliphatic carbocycles. The van der Waals surface area contributed by atoms with Gasteiger partial charge in [-0.2, -0.15) is 9.58 Å². The Morgan fingerprint density at radius 2 is 0.714 bits per heavy atom. The van der Waals surface area contributed by atoms with Gasteiger partial charge in [-0.15, -0.1) is 0 Å². The van der Waals surface area contributed by atoms with Crippen molar-refractivity contribution in [2.24, 2.45) is 0 Å². The van der Waals surface area contributed by atoms with Crippen molar-refractivity contribution in [3.8, 4) is 45.0 Å². The van der Waals surface area contributed by atoms with Gasteiger partial charge in [-0.05, 0) is 12.1 Å². The molecule has 4 aromatic carbocycles. The molecular formula is C36H6F16N4. The Morgan fingerprint density at radius 3 is 1.20 bits per heavy atom. The molecular weight excluding hydrogens is 792 g/mol. The number of fused-ring (bicyclic) bond motifs is 20. The highest BCUT2D eigenvalue weighted by atomic mass is 19.2. The minimum atomic E-state index is -2.81. The van der Waals surface area contributed by atoms with Crippen LogP contribution in [0.2, 0.25) is 0 Å². The largest absolute Gasteiger partial charge is 0.241 e. The molecule has 0 amide bonds. The van der Waals surface area contributed by atoms with Crippen LogP contribution in [0.25, 0.3) is 88.6 Å². The van der Waals surface area contributed by atoms with Crippen LogP contribution < -0.4 is 0 Å². The van der Waals surface area contributed by atoms with E-state index in [1.54, 1.807) is 0 Å². The summed E-state index contributed by atoms with van der Waals surface area (Å²) in [5.41, 5.74) is -20.3. The first-order valence-electron chi connectivity index (χ1n) is 15.3. The molecule has 0 saturated carbocycles. The number of halogens is 16. The minimum absolute atomic E-state index is 0.341. The smallest absolute Gasteiger partial charge is 0.198 e. The second-order valence-electron chi connectivity index (χ2n) is 12.2. The van der Waals surface area contributed by atoms with E-state index in [0.29, 0.717) is 12.1 Å². The number of nitrogens with zero attached hydrogens (tertiary/aromatic N) is 4. The van der Waals surface area contributed by atoms with Gasteiger partial charge < -0.3 is 0 Å². The summed E-state index contributed by atoms with van der Waals surface area (Å²) >= 11 is 0. The van der Waals surface area contributed by atoms with Gasteiger partial charge in [0.05, 0.1) is 27.5 Å². The number of hydrogen-bond acceptors (Lipinski definition) is 2. The normalized spacial score (nSPS) is 12.3. The SMILES string of the molecule is Fc1ccc2c(c1F)-c1nc-2c(F)c2c3ccccc3c(c(F)c3nc(c(F)c4c5c(F)c(F)c(F)c(F)c5c(c1F)n4F)-c1c(F)c(F)c(F)c(F)c1-3)n2F. The molecule has 0 fully saturated rings. The van der Waals surface area contributed by atoms with Crippen molar-refractivity contribution in [3.05, 3.63) is 118 Å². The molecule has 2 aliphatic rings. The van der Waals surface area contributed by atoms with Gasteiger partial charge >= 0.3 is 0 Å². The van der Waals surface area contributed by atoms with Crippen molar-refractivity contribution in [2.45, 2.75) is 0 Å². The molecule has 282 valence electrons. The van der Waals surface area contributed by atoms with Crippen LogP contribution >= 0.6 is 0 Å². The molecule has 0 atom stereocenters. The van der Waals surface area contributed by atoms with Gasteiger partial charge in [0, 0.05) is 16.3 Å². The lowest BCUT2D eigenvalue weighted by Gasteiger charge is -2.07. The van der Waals surface area contributed by atoms with Gasteiger partial charge in [-0.25, -0.2) is 71.4 Å². The molecule has 0 saturated heterocycles. The third-order valence-electron chi connectivity index (χ3n) is 9.40. The maximum atomic E-state index is 16.8. The average molecular weight is 798 g/mol. The molecule has 8 bridgehead atoms. The topological polar surface area (TPSA) is 35.6 Å². The van der Waals surface area contributed by atoms with E-state index >= 15 is 48.5 Å². The maximum absolute atomic E-state index is 16.8. The van der Waals surface area contributed by atoms with Crippen LogP contribution in [0.3, 0.4) is 0 Å². The second kappa shape index (κ2) is 11.5. The first-order valence-corrected chi connectivity index (χ1v) is 15.3. The summed E-state index contributed by atoms with van der Waals surface area (Å²) in [7, 11) is 0. The molecule has 56 heavy (non-hydrogen) atoms. The van der Waals surface area contributed by atoms with Crippen LogP contribution in [0, 0.1) is 81.4 Å². The molecule has 2 aliphatic heterocycles. The van der Waals surface area contributed by atoms with Gasteiger partial charge in [-0.1, -0.05) is 33.2 Å². The summed E-state index contributed by atoms with van der Waals surface area (Å²) in [6.07, 6.45) is 0. The molecule has 0 radical (unpaired) electrons. The number of benzene rings is 4. The zero-order chi connectivity index (χ0) is 40.1. The highest BCUT2D eigenvalue weighted by molar-refractivity contribution is 6.12. The molecule has 3 aromatic heterocycles. The van der Waals surface area contributed by atoms with E-state index in [1.807, 2.05) is 0 Å². The predicted molar refractivity (Wildman–Crippen MR) is 165 cm³/mol. The molecule has 4 nitrogen and oxygen atoms in total. The van der Waals surface area contributed by atoms with Gasteiger partial charge in [0.1, 0.15) is 44.8 Å². The van der Waals surface area contributed by atoms with Crippen molar-refractivity contribution in [3.63, 3.8) is 0 Å². The third-order valence-corrected chi connectivity index (χ3v) is 9.40. The second-order valence-corrected chi connectivity index (χ2v) is 12.2. The fourth-order valence-electron chi connectivity index (χ4n) is 7.00. The average Bonchev–Trinajstić information content (AvgIpc) is 3.92. The number of aromatic nitrogens is 4. The van der Waals surface area contributed by atoms with E-state index in [-0.39, 0.29) is 0 Å². The quantitative estimate of drug-likeness (QED) is 0.0870. The van der Waals surface area contributed by atoms with Crippen LogP contribution in [-0.2, 0) is 0 Å². The maximum Gasteiger partial charge on any atom is 0.198 e. The van der Waals surface area contributed by atoms with Crippen molar-refractivity contribution in [2.75, 3.05) is 0 Å². The van der Waals surface area contributed by atoms with Crippen LogP contribution in [0.4, 0.5) is 70.4 Å². The summed E-state index contributed by atoms with van der Waals surface area (Å²) in [5, 5.41) is -5.45. The Hall–Kier alpha value is -6.60. The molecule has 0 unspecified atom stereocenters. The molecule has 20 heteroatoms. The summed E-state index contributed by atoms with van der Waals surface area (Å²) < 4.78 is 251. The fraction of sp³-hybridized carbons (Fsp3) is 0. The van der Waals surface area contributed by atoms with Crippen LogP contribution in [0.1, 0.15) is 0 Å². The minimum Gasteiger partial charge on any atom is -0.241 e. The van der Waals surface area contributed by atoms with Crippen LogP contribution in [0.5, 0.6) is 0 Å². The highest BCUT2D eigenvalue weighted by Crippen LogP contribution is 2.49. The Bertz CT molecular complexity index is 3220. The molecule has 5 heterocycles. The summed E-state index contributed by atoms with van der Waals surface area (Å²) in [4.78, 5) is 4.54. The van der Waals surface area contributed by atoms with Crippen molar-refractivity contribution < 1.29 is 70.4 Å². The Balaban J connectivity index is 1.70. The van der Waals surface area contributed by atoms with E-state index in [0.717, 1.165) is 24.3 Å². The van der Waals surface area contributed by atoms with E-state index < -0.39 is 180 Å². The van der Waals surface area contributed by atoms with E-state index in [2.05, 4.69) is 9.97 Å². The third kappa shape index (κ3) is 4.12. The Morgan fingerprint density at radius 1 is 0.339 bits per heavy atom. The van der Waals surface area contributed by atoms with Gasteiger partial charge in [0.2, 0.25) is 0 Å². The first-order chi connectivity index (χ1) is 26.5. The van der Waals surface area contributed by atoms with Gasteiger partial charge in [0.25, 0.3) is 0 Å². The summed E-state index contributed by atoms with van der Waals surface area (Å²) in [5.74, 6) is -34.8. The van der Waals surface area contributed by atoms with Crippen LogP contribution in [-0.4, -0.2) is 19.5 Å². The lowest BCUT2D eigenvalue weighted by atomic mass is 10.0. The molecule has 0 N–H and O–H groups in total. The van der Waals surface area contributed by atoms with E-state index in [9.17, 15) is 22.0 Å². The van der Waals surface area contributed by atoms with Crippen molar-refractivity contribution in [1.29, 1.82) is 0 Å². The van der Waals surface area contributed by atoms with E-state index in [4.69, 9.17) is 0 Å². The van der Waals surface area contributed by atoms with Gasteiger partial charge in [-0.3, -0.25) is 0 Å². The monoisotopic (exact) mass is 798 g/mol. The van der Waals surface area contributed by atoms with Gasteiger partial charge in [0.15, 0.2) is 81.4 Å². The Labute approximate surface area is 296 Å². The number of hydrogen-bond donors (Lipinski definition) is 0. The summed E-state index contributed by atoms with van der Waals surface area (Å²) in [6, 6.07) is 4.97. The number of rotatable bonds is 0. The molecule has 9 rings (SSSR count). The standard InChI is InChI=1S/C36H6F16N4/c37-10-6-5-9-11(16(10)38)30-27(49)35-14-15(20(42)24(46)23(45)19(14)41)36(56(35)52)28(50)32-13-12(17(39)21(43)22(44)18(13)40)31(54-32)26(48)34-8-4-2-1-3-7(8)33(55(34)51)25(47)29(9)53-30/h1-6H. The molecule has 7 aromatic rings. The van der Waals surface area contributed by atoms with Crippen LogP contribution in [0.15, 0.2) is 36.4 Å². The first kappa shape index (κ1) is 35.1. The summed E-state index contributed by atoms with van der Waals surface area (Å²) in [6.45, 7) is 0. The highest BCUT2D eigenvalue weighted by Gasteiger charge is 2.39. The van der Waals surface area contributed by atoms with Crippen molar-refractivity contribution in [1.82, 2.24) is 19.5 Å². The Kier molecular flexibility index (Phi) is 7.19. The lowest BCUT2D eigenvalue weighted by molar-refractivity contribution is 0.393. The lowest BCUT2D eigenvalue weighted by Crippen LogP contribution is -2.02. The fourth-order valence-corrected chi connectivity index (χ4v) is 7.00. The zero-order valence-corrected chi connectivity index (χ0v) is 26.3.